The molecular weight excluding hydrogens is 270 g/mol. The first-order valence-corrected chi connectivity index (χ1v) is 8.68. The summed E-state index contributed by atoms with van der Waals surface area (Å²) in [6, 6.07) is 0. The topological polar surface area (TPSA) is 53.5 Å². The minimum Gasteiger partial charge on any atom is -0.296 e. The van der Waals surface area contributed by atoms with Crippen molar-refractivity contribution < 1.29 is 8.42 Å². The Balaban J connectivity index is 1.84. The van der Waals surface area contributed by atoms with Crippen molar-refractivity contribution in [2.75, 3.05) is 31.9 Å². The van der Waals surface area contributed by atoms with Gasteiger partial charge in [0.15, 0.2) is 0 Å². The Labute approximate surface area is 112 Å². The van der Waals surface area contributed by atoms with Crippen molar-refractivity contribution in [1.82, 2.24) is 14.2 Å². The van der Waals surface area contributed by atoms with E-state index in [0.717, 1.165) is 19.6 Å². The summed E-state index contributed by atoms with van der Waals surface area (Å²) in [5, 5.41) is 0. The Morgan fingerprint density at radius 1 is 1.33 bits per heavy atom. The molecule has 1 aliphatic rings. The van der Waals surface area contributed by atoms with Gasteiger partial charge in [0.25, 0.3) is 0 Å². The molecule has 1 aliphatic heterocycles. The number of sulfonamides is 1. The van der Waals surface area contributed by atoms with Crippen molar-refractivity contribution in [3.63, 3.8) is 0 Å². The van der Waals surface area contributed by atoms with Crippen LogP contribution in [0, 0.1) is 0 Å². The highest BCUT2D eigenvalue weighted by atomic mass is 32.2. The molecule has 2 heterocycles. The van der Waals surface area contributed by atoms with E-state index in [9.17, 15) is 8.42 Å². The molecule has 102 valence electrons. The minimum absolute atomic E-state index is 0.266. The number of piperazine rings is 1. The Kier molecular flexibility index (Phi) is 4.71. The second kappa shape index (κ2) is 6.10. The molecule has 0 aliphatic carbocycles. The molecule has 0 aromatic carbocycles. The summed E-state index contributed by atoms with van der Waals surface area (Å²) in [6.45, 7) is 5.62. The summed E-state index contributed by atoms with van der Waals surface area (Å²) < 4.78 is 25.4. The Morgan fingerprint density at radius 3 is 2.61 bits per heavy atom. The van der Waals surface area contributed by atoms with Crippen LogP contribution in [0.3, 0.4) is 0 Å². The zero-order chi connectivity index (χ0) is 13.0. The van der Waals surface area contributed by atoms with Gasteiger partial charge in [0.2, 0.25) is 10.0 Å². The predicted octanol–water partition coefficient (Wildman–Crippen LogP) is 1.00. The number of hydrogen-bond acceptors (Lipinski definition) is 5. The fraction of sp³-hybridized carbons (Fsp3) is 0.727. The van der Waals surface area contributed by atoms with Gasteiger partial charge in [-0.15, -0.1) is 11.3 Å². The maximum atomic E-state index is 11.9. The van der Waals surface area contributed by atoms with Crippen LogP contribution in [0.2, 0.25) is 0 Å². The molecule has 1 fully saturated rings. The third-order valence-corrected chi connectivity index (χ3v) is 5.89. The van der Waals surface area contributed by atoms with E-state index in [-0.39, 0.29) is 5.75 Å². The van der Waals surface area contributed by atoms with Gasteiger partial charge in [0.05, 0.1) is 11.3 Å². The molecule has 18 heavy (non-hydrogen) atoms. The molecule has 1 aromatic rings. The highest BCUT2D eigenvalue weighted by Gasteiger charge is 2.26. The van der Waals surface area contributed by atoms with E-state index in [1.165, 1.54) is 4.88 Å². The summed E-state index contributed by atoms with van der Waals surface area (Å²) in [5.74, 6) is 0.266. The van der Waals surface area contributed by atoms with Gasteiger partial charge in [-0.25, -0.2) is 8.42 Å². The van der Waals surface area contributed by atoms with Gasteiger partial charge in [0, 0.05) is 43.8 Å². The molecule has 0 amide bonds. The summed E-state index contributed by atoms with van der Waals surface area (Å²) in [7, 11) is -3.02. The molecule has 0 spiro atoms. The Morgan fingerprint density at radius 2 is 2.06 bits per heavy atom. The van der Waals surface area contributed by atoms with Gasteiger partial charge in [-0.05, 0) is 6.42 Å². The van der Waals surface area contributed by atoms with E-state index in [4.69, 9.17) is 0 Å². The van der Waals surface area contributed by atoms with E-state index < -0.39 is 10.0 Å². The number of rotatable bonds is 5. The molecule has 0 saturated carbocycles. The third-order valence-electron chi connectivity index (χ3n) is 3.05. The highest BCUT2D eigenvalue weighted by molar-refractivity contribution is 7.89. The number of nitrogens with zero attached hydrogens (tertiary/aromatic N) is 3. The van der Waals surface area contributed by atoms with Crippen molar-refractivity contribution in [3.05, 3.63) is 16.6 Å². The SMILES string of the molecule is CCCS(=O)(=O)N1CCN(Cc2cncs2)CC1. The second-order valence-electron chi connectivity index (χ2n) is 4.46. The summed E-state index contributed by atoms with van der Waals surface area (Å²) >= 11 is 1.65. The predicted molar refractivity (Wildman–Crippen MR) is 73.0 cm³/mol. The zero-order valence-corrected chi connectivity index (χ0v) is 12.2. The average Bonchev–Trinajstić information content (AvgIpc) is 2.82. The van der Waals surface area contributed by atoms with Crippen LogP contribution in [-0.2, 0) is 16.6 Å². The van der Waals surface area contributed by atoms with Crippen LogP contribution >= 0.6 is 11.3 Å². The molecule has 7 heteroatoms. The molecule has 0 bridgehead atoms. The molecule has 5 nitrogen and oxygen atoms in total. The molecular formula is C11H19N3O2S2. The quantitative estimate of drug-likeness (QED) is 0.811. The second-order valence-corrected chi connectivity index (χ2v) is 7.52. The molecule has 0 N–H and O–H groups in total. The van der Waals surface area contributed by atoms with Gasteiger partial charge >= 0.3 is 0 Å². The first-order valence-electron chi connectivity index (χ1n) is 6.19. The average molecular weight is 289 g/mol. The minimum atomic E-state index is -3.02. The van der Waals surface area contributed by atoms with Crippen LogP contribution < -0.4 is 0 Å². The zero-order valence-electron chi connectivity index (χ0n) is 10.6. The highest BCUT2D eigenvalue weighted by Crippen LogP contribution is 2.14. The number of hydrogen-bond donors (Lipinski definition) is 0. The van der Waals surface area contributed by atoms with Gasteiger partial charge in [0.1, 0.15) is 0 Å². The van der Waals surface area contributed by atoms with Crippen LogP contribution in [0.25, 0.3) is 0 Å². The third kappa shape index (κ3) is 3.50. The standard InChI is InChI=1S/C11H19N3O2S2/c1-2-7-18(15,16)14-5-3-13(4-6-14)9-11-8-12-10-17-11/h8,10H,2-7,9H2,1H3. The lowest BCUT2D eigenvalue weighted by Gasteiger charge is -2.33. The lowest BCUT2D eigenvalue weighted by Crippen LogP contribution is -2.48. The van der Waals surface area contributed by atoms with Crippen molar-refractivity contribution in [2.24, 2.45) is 0 Å². The molecule has 1 saturated heterocycles. The van der Waals surface area contributed by atoms with Crippen molar-refractivity contribution >= 4 is 21.4 Å². The van der Waals surface area contributed by atoms with Gasteiger partial charge in [-0.1, -0.05) is 6.92 Å². The Bertz CT molecular complexity index is 451. The first-order chi connectivity index (χ1) is 8.62. The van der Waals surface area contributed by atoms with Gasteiger partial charge in [-0.2, -0.15) is 4.31 Å². The molecule has 1 aromatic heterocycles. The van der Waals surface area contributed by atoms with Crippen LogP contribution in [0.1, 0.15) is 18.2 Å². The van der Waals surface area contributed by atoms with E-state index >= 15 is 0 Å². The normalized spacial score (nSPS) is 19.2. The van der Waals surface area contributed by atoms with Crippen LogP contribution in [0.15, 0.2) is 11.7 Å². The summed E-state index contributed by atoms with van der Waals surface area (Å²) in [4.78, 5) is 7.57. The lowest BCUT2D eigenvalue weighted by atomic mass is 10.3. The summed E-state index contributed by atoms with van der Waals surface area (Å²) in [5.41, 5.74) is 1.83. The number of thiazole rings is 1. The maximum Gasteiger partial charge on any atom is 0.214 e. The Hall–Kier alpha value is -0.500. The van der Waals surface area contributed by atoms with Gasteiger partial charge in [-0.3, -0.25) is 9.88 Å². The first kappa shape index (κ1) is 13.9. The number of aromatic nitrogens is 1. The molecule has 2 rings (SSSR count). The monoisotopic (exact) mass is 289 g/mol. The van der Waals surface area contributed by atoms with Crippen molar-refractivity contribution in [3.8, 4) is 0 Å². The van der Waals surface area contributed by atoms with E-state index in [0.29, 0.717) is 19.5 Å². The molecule has 0 radical (unpaired) electrons. The van der Waals surface area contributed by atoms with Crippen LogP contribution in [0.5, 0.6) is 0 Å². The largest absolute Gasteiger partial charge is 0.296 e. The fourth-order valence-corrected chi connectivity index (χ4v) is 4.22. The van der Waals surface area contributed by atoms with Crippen molar-refractivity contribution in [2.45, 2.75) is 19.9 Å². The van der Waals surface area contributed by atoms with Crippen LogP contribution in [0.4, 0.5) is 0 Å². The van der Waals surface area contributed by atoms with Crippen molar-refractivity contribution in [1.29, 1.82) is 0 Å². The molecule has 0 atom stereocenters. The fourth-order valence-electron chi connectivity index (χ4n) is 2.09. The maximum absolute atomic E-state index is 11.9. The van der Waals surface area contributed by atoms with Crippen LogP contribution in [-0.4, -0.2) is 54.5 Å². The lowest BCUT2D eigenvalue weighted by molar-refractivity contribution is 0.183. The van der Waals surface area contributed by atoms with E-state index in [1.807, 2.05) is 18.6 Å². The summed E-state index contributed by atoms with van der Waals surface area (Å²) in [6.07, 6.45) is 2.56. The van der Waals surface area contributed by atoms with E-state index in [2.05, 4.69) is 9.88 Å². The van der Waals surface area contributed by atoms with E-state index in [1.54, 1.807) is 15.6 Å². The smallest absolute Gasteiger partial charge is 0.214 e. The van der Waals surface area contributed by atoms with Gasteiger partial charge < -0.3 is 0 Å². The molecule has 0 unspecified atom stereocenters.